The van der Waals surface area contributed by atoms with E-state index < -0.39 is 5.91 Å². The van der Waals surface area contributed by atoms with Crippen LogP contribution in [-0.4, -0.2) is 15.9 Å². The lowest BCUT2D eigenvalue weighted by Gasteiger charge is -2.30. The van der Waals surface area contributed by atoms with Gasteiger partial charge in [0, 0.05) is 0 Å². The number of rotatable bonds is 0. The molecule has 4 heteroatoms. The normalized spacial score (nSPS) is 27.7. The van der Waals surface area contributed by atoms with Gasteiger partial charge in [-0.3, -0.25) is 9.59 Å². The zero-order valence-electron chi connectivity index (χ0n) is 6.76. The fraction of sp³-hybridized carbons (Fsp3) is 0.750. The molecule has 3 nitrogen and oxygen atoms in total. The van der Waals surface area contributed by atoms with Gasteiger partial charge < -0.3 is 5.32 Å². The maximum atomic E-state index is 11.0. The highest BCUT2D eigenvalue weighted by Gasteiger charge is 2.44. The first kappa shape index (κ1) is 8.10. The number of thioether (sulfide) groups is 1. The second-order valence-electron chi connectivity index (χ2n) is 3.40. The molecule has 0 unspecified atom stereocenters. The zero-order chi connectivity index (χ0) is 8.60. The quantitative estimate of drug-likeness (QED) is 0.573. The minimum Gasteiger partial charge on any atom is -0.334 e. The van der Waals surface area contributed by atoms with Crippen molar-refractivity contribution in [2.75, 3.05) is 0 Å². The minimum absolute atomic E-state index is 0.216. The van der Waals surface area contributed by atoms with Crippen LogP contribution < -0.4 is 5.32 Å². The molecule has 66 valence electrons. The molecule has 0 atom stereocenters. The van der Waals surface area contributed by atoms with Crippen LogP contribution in [0.4, 0.5) is 0 Å². The summed E-state index contributed by atoms with van der Waals surface area (Å²) in [5, 5.41) is 2.49. The predicted octanol–water partition coefficient (Wildman–Crippen LogP) is 1.04. The summed E-state index contributed by atoms with van der Waals surface area (Å²) in [4.78, 5) is 21.7. The van der Waals surface area contributed by atoms with Crippen LogP contribution in [-0.2, 0) is 9.59 Å². The van der Waals surface area contributed by atoms with Gasteiger partial charge in [-0.25, -0.2) is 0 Å². The van der Waals surface area contributed by atoms with E-state index in [1.807, 2.05) is 0 Å². The van der Waals surface area contributed by atoms with Crippen molar-refractivity contribution in [1.29, 1.82) is 0 Å². The van der Waals surface area contributed by atoms with Gasteiger partial charge in [-0.1, -0.05) is 19.3 Å². The third-order valence-electron chi connectivity index (χ3n) is 2.48. The number of carbonyl (C=O) groups is 2. The van der Waals surface area contributed by atoms with E-state index in [9.17, 15) is 9.59 Å². The van der Waals surface area contributed by atoms with Gasteiger partial charge in [-0.2, -0.15) is 0 Å². The highest BCUT2D eigenvalue weighted by atomic mass is 32.2. The van der Waals surface area contributed by atoms with Crippen LogP contribution in [0.5, 0.6) is 0 Å². The second kappa shape index (κ2) is 2.76. The van der Waals surface area contributed by atoms with E-state index >= 15 is 0 Å². The molecule has 2 aliphatic rings. The number of amides is 1. The van der Waals surface area contributed by atoms with Crippen LogP contribution in [0.1, 0.15) is 32.1 Å². The van der Waals surface area contributed by atoms with E-state index in [2.05, 4.69) is 5.32 Å². The van der Waals surface area contributed by atoms with Crippen LogP contribution >= 0.6 is 11.8 Å². The molecule has 0 radical (unpaired) electrons. The third-order valence-corrected chi connectivity index (χ3v) is 3.75. The van der Waals surface area contributed by atoms with Crippen molar-refractivity contribution >= 4 is 22.8 Å². The summed E-state index contributed by atoms with van der Waals surface area (Å²) in [5.41, 5.74) is 0. The fourth-order valence-corrected chi connectivity index (χ4v) is 2.99. The number of carbonyl (C=O) groups excluding carboxylic acids is 2. The van der Waals surface area contributed by atoms with E-state index in [-0.39, 0.29) is 9.99 Å². The molecule has 2 fully saturated rings. The Morgan fingerprint density at radius 1 is 1.17 bits per heavy atom. The number of hydrogen-bond donors (Lipinski definition) is 1. The second-order valence-corrected chi connectivity index (χ2v) is 4.75. The van der Waals surface area contributed by atoms with Crippen molar-refractivity contribution in [3.8, 4) is 0 Å². The number of nitrogens with one attached hydrogen (secondary N) is 1. The van der Waals surface area contributed by atoms with Gasteiger partial charge in [0.15, 0.2) is 0 Å². The van der Waals surface area contributed by atoms with Crippen molar-refractivity contribution in [1.82, 2.24) is 5.32 Å². The van der Waals surface area contributed by atoms with Gasteiger partial charge in [0.25, 0.3) is 11.0 Å². The van der Waals surface area contributed by atoms with E-state index in [4.69, 9.17) is 0 Å². The topological polar surface area (TPSA) is 46.2 Å². The molecule has 2 rings (SSSR count). The third kappa shape index (κ3) is 1.24. The van der Waals surface area contributed by atoms with Gasteiger partial charge in [0.1, 0.15) is 0 Å². The molecule has 1 heterocycles. The molecule has 1 saturated carbocycles. The predicted molar refractivity (Wildman–Crippen MR) is 46.6 cm³/mol. The largest absolute Gasteiger partial charge is 0.334 e. The maximum Gasteiger partial charge on any atom is 0.299 e. The van der Waals surface area contributed by atoms with Crippen LogP contribution in [0.2, 0.25) is 0 Å². The Hall–Kier alpha value is -0.510. The SMILES string of the molecule is O=C1NC2(CCCCC2)SC1=O. The first-order valence-corrected chi connectivity index (χ1v) is 5.09. The molecule has 1 saturated heterocycles. The lowest BCUT2D eigenvalue weighted by molar-refractivity contribution is -0.132. The molecule has 1 spiro atoms. The molecule has 0 aromatic heterocycles. The van der Waals surface area contributed by atoms with Gasteiger partial charge in [0.2, 0.25) is 0 Å². The van der Waals surface area contributed by atoms with E-state index in [0.29, 0.717) is 0 Å². The van der Waals surface area contributed by atoms with Crippen molar-refractivity contribution < 1.29 is 9.59 Å². The molecule has 0 aromatic rings. The van der Waals surface area contributed by atoms with Gasteiger partial charge in [0.05, 0.1) is 4.87 Å². The molecule has 0 aromatic carbocycles. The van der Waals surface area contributed by atoms with E-state index in [0.717, 1.165) is 25.7 Å². The van der Waals surface area contributed by atoms with Crippen LogP contribution in [0.15, 0.2) is 0 Å². The Morgan fingerprint density at radius 3 is 2.33 bits per heavy atom. The first-order chi connectivity index (χ1) is 5.72. The molecule has 1 N–H and O–H groups in total. The Morgan fingerprint density at radius 2 is 1.83 bits per heavy atom. The Bertz CT molecular complexity index is 215. The Kier molecular flexibility index (Phi) is 1.87. The Labute approximate surface area is 75.3 Å². The van der Waals surface area contributed by atoms with Crippen LogP contribution in [0.3, 0.4) is 0 Å². The summed E-state index contributed by atoms with van der Waals surface area (Å²) in [7, 11) is 0. The molecular weight excluding hydrogens is 174 g/mol. The van der Waals surface area contributed by atoms with Crippen LogP contribution in [0.25, 0.3) is 0 Å². The molecule has 1 amide bonds. The monoisotopic (exact) mass is 185 g/mol. The highest BCUT2D eigenvalue weighted by Crippen LogP contribution is 2.41. The molecule has 1 aliphatic heterocycles. The number of hydrogen-bond acceptors (Lipinski definition) is 3. The molecule has 1 aliphatic carbocycles. The molecule has 12 heavy (non-hydrogen) atoms. The van der Waals surface area contributed by atoms with Crippen molar-refractivity contribution in [2.45, 2.75) is 37.0 Å². The van der Waals surface area contributed by atoms with Gasteiger partial charge in [-0.15, -0.1) is 0 Å². The smallest absolute Gasteiger partial charge is 0.299 e. The summed E-state index contributed by atoms with van der Waals surface area (Å²) >= 11 is 1.20. The fourth-order valence-electron chi connectivity index (χ4n) is 1.86. The first-order valence-electron chi connectivity index (χ1n) is 4.27. The summed E-state index contributed by atoms with van der Waals surface area (Å²) in [5.74, 6) is -0.401. The van der Waals surface area contributed by atoms with E-state index in [1.165, 1.54) is 18.2 Å². The summed E-state index contributed by atoms with van der Waals surface area (Å²) in [6, 6.07) is 0. The van der Waals surface area contributed by atoms with Gasteiger partial charge >= 0.3 is 0 Å². The summed E-state index contributed by atoms with van der Waals surface area (Å²) in [6.07, 6.45) is 5.39. The van der Waals surface area contributed by atoms with E-state index in [1.54, 1.807) is 0 Å². The zero-order valence-corrected chi connectivity index (χ0v) is 7.58. The van der Waals surface area contributed by atoms with Gasteiger partial charge in [-0.05, 0) is 24.6 Å². The maximum absolute atomic E-state index is 11.0. The van der Waals surface area contributed by atoms with Crippen molar-refractivity contribution in [3.63, 3.8) is 0 Å². The summed E-state index contributed by atoms with van der Waals surface area (Å²) in [6.45, 7) is 0. The lowest BCUT2D eigenvalue weighted by Crippen LogP contribution is -2.41. The molecule has 0 bridgehead atoms. The Balaban J connectivity index is 2.12. The highest BCUT2D eigenvalue weighted by molar-refractivity contribution is 8.17. The minimum atomic E-state index is -0.401. The lowest BCUT2D eigenvalue weighted by atomic mass is 9.95. The average molecular weight is 185 g/mol. The summed E-state index contributed by atoms with van der Waals surface area (Å²) < 4.78 is 0. The van der Waals surface area contributed by atoms with Crippen molar-refractivity contribution in [3.05, 3.63) is 0 Å². The standard InChI is InChI=1S/C8H11NO2S/c10-6-7(11)12-8(9-6)4-2-1-3-5-8/h1-5H2,(H,9,10). The molecular formula is C8H11NO2S. The van der Waals surface area contributed by atoms with Crippen molar-refractivity contribution in [2.24, 2.45) is 0 Å². The average Bonchev–Trinajstić information content (AvgIpc) is 2.29. The van der Waals surface area contributed by atoms with Crippen LogP contribution in [0, 0.1) is 0 Å².